The number of nitrogens with zero attached hydrogens (tertiary/aromatic N) is 1. The molecule has 0 spiro atoms. The molecule has 0 aromatic rings. The van der Waals surface area contributed by atoms with E-state index >= 15 is 0 Å². The fraction of sp³-hybridized carbons (Fsp3) is 0.889. The summed E-state index contributed by atoms with van der Waals surface area (Å²) in [5.74, 6) is -0.397. The standard InChI is InChI=1S/C18H32N2O8/c1-11(23)19-15-17(26)16(25)13(10-22)28-18(15)27-8-3-2-6-14(24)20-7-4-5-12(20)9-21/h12-13,15-18,21-22,25-26H,2-10H2,1H3,(H,19,23)/t12-,13?,15?,16-,17?,18?/m0/s1. The van der Waals surface area contributed by atoms with Gasteiger partial charge in [-0.05, 0) is 25.7 Å². The number of carbonyl (C=O) groups is 2. The van der Waals surface area contributed by atoms with Gasteiger partial charge in [-0.2, -0.15) is 0 Å². The van der Waals surface area contributed by atoms with Crippen LogP contribution in [0.1, 0.15) is 39.0 Å². The van der Waals surface area contributed by atoms with Crippen LogP contribution in [0.2, 0.25) is 0 Å². The Kier molecular flexibility index (Phi) is 9.06. The van der Waals surface area contributed by atoms with Gasteiger partial charge in [0, 0.05) is 26.5 Å². The molecule has 0 bridgehead atoms. The topological polar surface area (TPSA) is 149 Å². The lowest BCUT2D eigenvalue weighted by atomic mass is 9.97. The molecule has 0 aromatic carbocycles. The molecule has 10 heteroatoms. The van der Waals surface area contributed by atoms with Gasteiger partial charge in [0.25, 0.3) is 0 Å². The largest absolute Gasteiger partial charge is 0.394 e. The lowest BCUT2D eigenvalue weighted by molar-refractivity contribution is -0.270. The van der Waals surface area contributed by atoms with Crippen molar-refractivity contribution >= 4 is 11.8 Å². The van der Waals surface area contributed by atoms with Gasteiger partial charge in [0.1, 0.15) is 24.4 Å². The van der Waals surface area contributed by atoms with Crippen molar-refractivity contribution in [2.75, 3.05) is 26.4 Å². The van der Waals surface area contributed by atoms with E-state index in [2.05, 4.69) is 5.32 Å². The molecule has 0 radical (unpaired) electrons. The monoisotopic (exact) mass is 404 g/mol. The first-order chi connectivity index (χ1) is 13.4. The van der Waals surface area contributed by atoms with Crippen LogP contribution >= 0.6 is 0 Å². The van der Waals surface area contributed by atoms with E-state index in [4.69, 9.17) is 9.47 Å². The fourth-order valence-corrected chi connectivity index (χ4v) is 3.69. The highest BCUT2D eigenvalue weighted by Gasteiger charge is 2.45. The smallest absolute Gasteiger partial charge is 0.222 e. The summed E-state index contributed by atoms with van der Waals surface area (Å²) in [6.07, 6.45) is -1.51. The van der Waals surface area contributed by atoms with Gasteiger partial charge in [-0.25, -0.2) is 0 Å². The van der Waals surface area contributed by atoms with Gasteiger partial charge >= 0.3 is 0 Å². The minimum absolute atomic E-state index is 0.0143. The SMILES string of the molecule is CC(=O)NC1C(OCCCCC(=O)N2CCC[C@H]2CO)OC(CO)[C@H](O)C1O. The van der Waals surface area contributed by atoms with Crippen molar-refractivity contribution in [1.82, 2.24) is 10.2 Å². The molecule has 28 heavy (non-hydrogen) atoms. The van der Waals surface area contributed by atoms with E-state index in [1.165, 1.54) is 6.92 Å². The second-order valence-corrected chi connectivity index (χ2v) is 7.33. The number of unbranched alkanes of at least 4 members (excludes halogenated alkanes) is 1. The molecule has 2 rings (SSSR count). The van der Waals surface area contributed by atoms with Crippen molar-refractivity contribution in [3.8, 4) is 0 Å². The molecule has 5 N–H and O–H groups in total. The van der Waals surface area contributed by atoms with E-state index in [9.17, 15) is 30.0 Å². The minimum Gasteiger partial charge on any atom is -0.394 e. The van der Waals surface area contributed by atoms with Crippen LogP contribution < -0.4 is 5.32 Å². The van der Waals surface area contributed by atoms with Gasteiger partial charge in [0.2, 0.25) is 11.8 Å². The third-order valence-corrected chi connectivity index (χ3v) is 5.23. The summed E-state index contributed by atoms with van der Waals surface area (Å²) >= 11 is 0. The van der Waals surface area contributed by atoms with E-state index in [0.717, 1.165) is 12.8 Å². The first-order valence-electron chi connectivity index (χ1n) is 9.80. The van der Waals surface area contributed by atoms with E-state index in [1.54, 1.807) is 4.90 Å². The number of ether oxygens (including phenoxy) is 2. The van der Waals surface area contributed by atoms with Gasteiger partial charge in [-0.1, -0.05) is 0 Å². The van der Waals surface area contributed by atoms with Gasteiger partial charge < -0.3 is 40.1 Å². The van der Waals surface area contributed by atoms with E-state index in [-0.39, 0.29) is 25.2 Å². The molecule has 2 fully saturated rings. The molecule has 0 aliphatic carbocycles. The lowest BCUT2D eigenvalue weighted by Crippen LogP contribution is -2.64. The molecule has 2 amide bonds. The van der Waals surface area contributed by atoms with Crippen LogP contribution in [0.5, 0.6) is 0 Å². The number of aliphatic hydroxyl groups excluding tert-OH is 4. The van der Waals surface area contributed by atoms with Crippen molar-refractivity contribution in [3.63, 3.8) is 0 Å². The zero-order chi connectivity index (χ0) is 20.7. The minimum atomic E-state index is -1.35. The van der Waals surface area contributed by atoms with Crippen molar-refractivity contribution in [3.05, 3.63) is 0 Å². The molecule has 2 saturated heterocycles. The molecule has 6 atom stereocenters. The highest BCUT2D eigenvalue weighted by molar-refractivity contribution is 5.76. The van der Waals surface area contributed by atoms with E-state index in [0.29, 0.717) is 25.8 Å². The molecule has 2 heterocycles. The summed E-state index contributed by atoms with van der Waals surface area (Å²) in [4.78, 5) is 25.3. The highest BCUT2D eigenvalue weighted by Crippen LogP contribution is 2.23. The van der Waals surface area contributed by atoms with Crippen molar-refractivity contribution in [1.29, 1.82) is 0 Å². The number of hydrogen-bond donors (Lipinski definition) is 5. The first-order valence-corrected chi connectivity index (χ1v) is 9.80. The van der Waals surface area contributed by atoms with Crippen molar-refractivity contribution in [2.45, 2.75) is 75.7 Å². The van der Waals surface area contributed by atoms with Gasteiger partial charge in [-0.15, -0.1) is 0 Å². The van der Waals surface area contributed by atoms with Crippen LogP contribution in [0.15, 0.2) is 0 Å². The lowest BCUT2D eigenvalue weighted by Gasteiger charge is -2.42. The summed E-state index contributed by atoms with van der Waals surface area (Å²) in [7, 11) is 0. The number of aliphatic hydroxyl groups is 4. The Morgan fingerprint density at radius 2 is 1.93 bits per heavy atom. The summed E-state index contributed by atoms with van der Waals surface area (Å²) in [5, 5.41) is 41.2. The summed E-state index contributed by atoms with van der Waals surface area (Å²) in [5.41, 5.74) is 0. The number of carbonyl (C=O) groups excluding carboxylic acids is 2. The Bertz CT molecular complexity index is 520. The van der Waals surface area contributed by atoms with Gasteiger partial charge in [-0.3, -0.25) is 9.59 Å². The summed E-state index contributed by atoms with van der Waals surface area (Å²) in [6, 6.07) is -1.05. The molecule has 0 saturated carbocycles. The Labute approximate surface area is 164 Å². The molecule has 0 aromatic heterocycles. The van der Waals surface area contributed by atoms with Gasteiger partial charge in [0.05, 0.1) is 19.3 Å². The maximum Gasteiger partial charge on any atom is 0.222 e. The third-order valence-electron chi connectivity index (χ3n) is 5.23. The maximum atomic E-state index is 12.2. The Hall–Kier alpha value is -1.30. The maximum absolute atomic E-state index is 12.2. The predicted molar refractivity (Wildman–Crippen MR) is 97.0 cm³/mol. The molecular weight excluding hydrogens is 372 g/mol. The predicted octanol–water partition coefficient (Wildman–Crippen LogP) is -1.90. The second-order valence-electron chi connectivity index (χ2n) is 7.33. The summed E-state index contributed by atoms with van der Waals surface area (Å²) in [6.45, 7) is 1.66. The van der Waals surface area contributed by atoms with Gasteiger partial charge in [0.15, 0.2) is 6.29 Å². The fourth-order valence-electron chi connectivity index (χ4n) is 3.69. The van der Waals surface area contributed by atoms with Crippen molar-refractivity contribution in [2.24, 2.45) is 0 Å². The van der Waals surface area contributed by atoms with Crippen LogP contribution in [0, 0.1) is 0 Å². The normalized spacial score (nSPS) is 33.1. The average Bonchev–Trinajstić information content (AvgIpc) is 3.15. The van der Waals surface area contributed by atoms with Crippen LogP contribution in [0.3, 0.4) is 0 Å². The average molecular weight is 404 g/mol. The molecule has 4 unspecified atom stereocenters. The zero-order valence-corrected chi connectivity index (χ0v) is 16.2. The number of nitrogens with one attached hydrogen (secondary N) is 1. The van der Waals surface area contributed by atoms with Crippen LogP contribution in [-0.2, 0) is 19.1 Å². The Morgan fingerprint density at radius 1 is 1.18 bits per heavy atom. The molecule has 162 valence electrons. The number of hydrogen-bond acceptors (Lipinski definition) is 8. The first kappa shape index (κ1) is 23.0. The van der Waals surface area contributed by atoms with Crippen LogP contribution in [0.25, 0.3) is 0 Å². The van der Waals surface area contributed by atoms with E-state index < -0.39 is 43.2 Å². The number of rotatable bonds is 9. The van der Waals surface area contributed by atoms with E-state index in [1.807, 2.05) is 0 Å². The van der Waals surface area contributed by atoms with Crippen LogP contribution in [0.4, 0.5) is 0 Å². The third kappa shape index (κ3) is 5.85. The molecule has 2 aliphatic rings. The van der Waals surface area contributed by atoms with Crippen LogP contribution in [-0.4, -0.2) is 100 Å². The Morgan fingerprint density at radius 3 is 2.57 bits per heavy atom. The molecule has 2 aliphatic heterocycles. The summed E-state index contributed by atoms with van der Waals surface area (Å²) < 4.78 is 11.1. The second kappa shape index (κ2) is 11.0. The Balaban J connectivity index is 1.77. The van der Waals surface area contributed by atoms with Crippen molar-refractivity contribution < 1.29 is 39.5 Å². The quantitative estimate of drug-likeness (QED) is 0.280. The number of likely N-dealkylation sites (tertiary alicyclic amines) is 1. The number of amides is 2. The molecular formula is C18H32N2O8. The zero-order valence-electron chi connectivity index (χ0n) is 16.2. The highest BCUT2D eigenvalue weighted by atomic mass is 16.7. The molecule has 10 nitrogen and oxygen atoms in total.